The van der Waals surface area contributed by atoms with Gasteiger partial charge in [0.05, 0.1) is 0 Å². The molecule has 1 aliphatic heterocycles. The van der Waals surface area contributed by atoms with Gasteiger partial charge >= 0.3 is 0 Å². The zero-order valence-corrected chi connectivity index (χ0v) is 9.43. The van der Waals surface area contributed by atoms with E-state index in [0.717, 1.165) is 17.4 Å². The molecule has 1 nitrogen and oxygen atoms in total. The van der Waals surface area contributed by atoms with Gasteiger partial charge in [-0.05, 0) is 18.1 Å². The molecule has 0 bridgehead atoms. The Balaban J connectivity index is 2.07. The van der Waals surface area contributed by atoms with E-state index in [1.807, 2.05) is 18.2 Å². The van der Waals surface area contributed by atoms with E-state index in [2.05, 4.69) is 27.3 Å². The summed E-state index contributed by atoms with van der Waals surface area (Å²) in [6, 6.07) is 8.03. The predicted octanol–water partition coefficient (Wildman–Crippen LogP) is 2.55. The minimum atomic E-state index is -0.692. The van der Waals surface area contributed by atoms with Crippen molar-refractivity contribution >= 4 is 15.9 Å². The van der Waals surface area contributed by atoms with Gasteiger partial charge in [-0.25, -0.2) is 4.39 Å². The smallest absolute Gasteiger partial charge is 0.117 e. The zero-order chi connectivity index (χ0) is 9.97. The molecule has 1 saturated heterocycles. The third-order valence-corrected chi connectivity index (χ3v) is 3.47. The molecule has 14 heavy (non-hydrogen) atoms. The Morgan fingerprint density at radius 2 is 2.14 bits per heavy atom. The van der Waals surface area contributed by atoms with Crippen LogP contribution in [0.4, 0.5) is 4.39 Å². The molecular formula is C11H13BrFN. The molecule has 1 N–H and O–H groups in total. The van der Waals surface area contributed by atoms with Crippen molar-refractivity contribution in [2.75, 3.05) is 13.1 Å². The van der Waals surface area contributed by atoms with Crippen molar-refractivity contribution in [2.24, 2.45) is 5.92 Å². The summed E-state index contributed by atoms with van der Waals surface area (Å²) in [4.78, 5) is 0. The fourth-order valence-corrected chi connectivity index (χ4v) is 2.29. The minimum absolute atomic E-state index is 0.133. The lowest BCUT2D eigenvalue weighted by atomic mass is 9.97. The van der Waals surface area contributed by atoms with Gasteiger partial charge in [-0.3, -0.25) is 0 Å². The summed E-state index contributed by atoms with van der Waals surface area (Å²) < 4.78 is 14.4. The monoisotopic (exact) mass is 257 g/mol. The van der Waals surface area contributed by atoms with Crippen LogP contribution in [-0.2, 0) is 6.42 Å². The SMILES string of the molecule is FC1CNCC1Cc1ccccc1Br. The van der Waals surface area contributed by atoms with E-state index in [9.17, 15) is 4.39 Å². The highest BCUT2D eigenvalue weighted by Gasteiger charge is 2.26. The van der Waals surface area contributed by atoms with E-state index < -0.39 is 6.17 Å². The van der Waals surface area contributed by atoms with Crippen molar-refractivity contribution < 1.29 is 4.39 Å². The van der Waals surface area contributed by atoms with E-state index in [1.54, 1.807) is 0 Å². The van der Waals surface area contributed by atoms with Gasteiger partial charge < -0.3 is 5.32 Å². The summed E-state index contributed by atoms with van der Waals surface area (Å²) in [5, 5.41) is 3.07. The Kier molecular flexibility index (Phi) is 3.19. The van der Waals surface area contributed by atoms with Crippen LogP contribution in [-0.4, -0.2) is 19.3 Å². The van der Waals surface area contributed by atoms with Crippen molar-refractivity contribution in [3.8, 4) is 0 Å². The van der Waals surface area contributed by atoms with Crippen molar-refractivity contribution in [1.82, 2.24) is 5.32 Å². The van der Waals surface area contributed by atoms with Gasteiger partial charge in [0, 0.05) is 23.5 Å². The van der Waals surface area contributed by atoms with Gasteiger partial charge in [0.15, 0.2) is 0 Å². The van der Waals surface area contributed by atoms with Crippen molar-refractivity contribution in [2.45, 2.75) is 12.6 Å². The van der Waals surface area contributed by atoms with Crippen molar-refractivity contribution in [1.29, 1.82) is 0 Å². The number of hydrogen-bond acceptors (Lipinski definition) is 1. The summed E-state index contributed by atoms with van der Waals surface area (Å²) in [6.07, 6.45) is 0.123. The van der Waals surface area contributed by atoms with Gasteiger partial charge in [0.1, 0.15) is 6.17 Å². The lowest BCUT2D eigenvalue weighted by molar-refractivity contribution is 0.282. The maximum absolute atomic E-state index is 13.3. The minimum Gasteiger partial charge on any atom is -0.313 e. The second kappa shape index (κ2) is 4.41. The fourth-order valence-electron chi connectivity index (χ4n) is 1.85. The molecule has 0 amide bonds. The summed E-state index contributed by atoms with van der Waals surface area (Å²) >= 11 is 3.48. The molecule has 2 unspecified atom stereocenters. The van der Waals surface area contributed by atoms with E-state index >= 15 is 0 Å². The highest BCUT2D eigenvalue weighted by atomic mass is 79.9. The molecule has 1 aromatic carbocycles. The molecule has 1 fully saturated rings. The van der Waals surface area contributed by atoms with Crippen LogP contribution in [0.15, 0.2) is 28.7 Å². The molecule has 0 spiro atoms. The summed E-state index contributed by atoms with van der Waals surface area (Å²) in [5.74, 6) is 0.133. The molecule has 2 rings (SSSR count). The highest BCUT2D eigenvalue weighted by Crippen LogP contribution is 2.23. The zero-order valence-electron chi connectivity index (χ0n) is 7.84. The average molecular weight is 258 g/mol. The van der Waals surface area contributed by atoms with Crippen LogP contribution >= 0.6 is 15.9 Å². The lowest BCUT2D eigenvalue weighted by Gasteiger charge is -2.12. The van der Waals surface area contributed by atoms with Gasteiger partial charge in [-0.15, -0.1) is 0 Å². The molecule has 0 radical (unpaired) electrons. The Bertz CT molecular complexity index is 316. The average Bonchev–Trinajstić information content (AvgIpc) is 2.56. The topological polar surface area (TPSA) is 12.0 Å². The molecule has 0 aromatic heterocycles. The Labute approximate surface area is 91.8 Å². The molecule has 3 heteroatoms. The number of hydrogen-bond donors (Lipinski definition) is 1. The molecule has 0 saturated carbocycles. The largest absolute Gasteiger partial charge is 0.313 e. The van der Waals surface area contributed by atoms with Gasteiger partial charge in [0.25, 0.3) is 0 Å². The number of nitrogens with one attached hydrogen (secondary N) is 1. The Morgan fingerprint density at radius 3 is 2.79 bits per heavy atom. The summed E-state index contributed by atoms with van der Waals surface area (Å²) in [5.41, 5.74) is 1.20. The van der Waals surface area contributed by atoms with Crippen LogP contribution in [0.2, 0.25) is 0 Å². The van der Waals surface area contributed by atoms with Crippen molar-refractivity contribution in [3.05, 3.63) is 34.3 Å². The second-order valence-corrected chi connectivity index (χ2v) is 4.58. The first kappa shape index (κ1) is 10.1. The number of alkyl halides is 1. The first-order chi connectivity index (χ1) is 6.77. The molecule has 2 atom stereocenters. The summed E-state index contributed by atoms with van der Waals surface area (Å²) in [7, 11) is 0. The van der Waals surface area contributed by atoms with Gasteiger partial charge in [-0.2, -0.15) is 0 Å². The van der Waals surface area contributed by atoms with Crippen LogP contribution in [0.3, 0.4) is 0 Å². The molecule has 76 valence electrons. The third-order valence-electron chi connectivity index (χ3n) is 2.70. The molecule has 1 heterocycles. The van der Waals surface area contributed by atoms with Crippen LogP contribution < -0.4 is 5.32 Å². The normalized spacial score (nSPS) is 26.7. The van der Waals surface area contributed by atoms with Crippen LogP contribution in [0.25, 0.3) is 0 Å². The molecule has 1 aliphatic rings. The predicted molar refractivity (Wildman–Crippen MR) is 59.1 cm³/mol. The van der Waals surface area contributed by atoms with Crippen LogP contribution in [0, 0.1) is 5.92 Å². The van der Waals surface area contributed by atoms with E-state index in [0.29, 0.717) is 6.54 Å². The van der Waals surface area contributed by atoms with Crippen molar-refractivity contribution in [3.63, 3.8) is 0 Å². The molecule has 0 aliphatic carbocycles. The maximum atomic E-state index is 13.3. The third kappa shape index (κ3) is 2.15. The Hall–Kier alpha value is -0.410. The van der Waals surface area contributed by atoms with E-state index in [4.69, 9.17) is 0 Å². The highest BCUT2D eigenvalue weighted by molar-refractivity contribution is 9.10. The number of halogens is 2. The standard InChI is InChI=1S/C11H13BrFN/c12-10-4-2-1-3-8(10)5-9-6-14-7-11(9)13/h1-4,9,11,14H,5-7H2. The van der Waals surface area contributed by atoms with Gasteiger partial charge in [0.2, 0.25) is 0 Å². The molecular weight excluding hydrogens is 245 g/mol. The van der Waals surface area contributed by atoms with Crippen LogP contribution in [0.1, 0.15) is 5.56 Å². The number of rotatable bonds is 2. The first-order valence-electron chi connectivity index (χ1n) is 4.85. The quantitative estimate of drug-likeness (QED) is 0.859. The fraction of sp³-hybridized carbons (Fsp3) is 0.455. The molecule has 1 aromatic rings. The number of benzene rings is 1. The van der Waals surface area contributed by atoms with Gasteiger partial charge in [-0.1, -0.05) is 34.1 Å². The summed E-state index contributed by atoms with van der Waals surface area (Å²) in [6.45, 7) is 1.30. The Morgan fingerprint density at radius 1 is 1.36 bits per heavy atom. The second-order valence-electron chi connectivity index (χ2n) is 3.73. The van der Waals surface area contributed by atoms with Crippen LogP contribution in [0.5, 0.6) is 0 Å². The van der Waals surface area contributed by atoms with E-state index in [-0.39, 0.29) is 5.92 Å². The maximum Gasteiger partial charge on any atom is 0.117 e. The lowest BCUT2D eigenvalue weighted by Crippen LogP contribution is -2.15. The first-order valence-corrected chi connectivity index (χ1v) is 5.65. The van der Waals surface area contributed by atoms with E-state index in [1.165, 1.54) is 5.56 Å².